The normalized spacial score (nSPS) is 16.5. The molecule has 3 heterocycles. The Hall–Kier alpha value is -2.73. The number of aromatic amines is 1. The average Bonchev–Trinajstić information content (AvgIpc) is 3.19. The first-order valence-corrected chi connectivity index (χ1v) is 7.23. The Morgan fingerprint density at radius 3 is 3.00 bits per heavy atom. The molecule has 1 N–H and O–H groups in total. The molecule has 1 aliphatic heterocycles. The summed E-state index contributed by atoms with van der Waals surface area (Å²) < 4.78 is 5.25. The van der Waals surface area contributed by atoms with Crippen LogP contribution in [0.15, 0.2) is 49.4 Å². The van der Waals surface area contributed by atoms with E-state index < -0.39 is 5.63 Å². The topological polar surface area (TPSA) is 71.2 Å². The number of fused-ring (bicyclic) bond motifs is 1. The maximum absolute atomic E-state index is 11.9. The molecule has 0 radical (unpaired) electrons. The number of hydrogen-bond acceptors (Lipinski definition) is 5. The third-order valence-electron chi connectivity index (χ3n) is 3.11. The number of aromatic nitrogens is 2. The Morgan fingerprint density at radius 2 is 2.19 bits per heavy atom. The maximum Gasteiger partial charge on any atom is 0.361 e. The first-order chi connectivity index (χ1) is 10.3. The molecule has 0 saturated heterocycles. The van der Waals surface area contributed by atoms with Gasteiger partial charge in [0.25, 0.3) is 0 Å². The van der Waals surface area contributed by atoms with Crippen LogP contribution in [0.25, 0.3) is 17.8 Å². The van der Waals surface area contributed by atoms with Crippen molar-refractivity contribution >= 4 is 29.2 Å². The zero-order valence-electron chi connectivity index (χ0n) is 10.7. The van der Waals surface area contributed by atoms with Crippen molar-refractivity contribution in [2.24, 2.45) is 4.99 Å². The lowest BCUT2D eigenvalue weighted by atomic mass is 10.3. The first-order valence-electron chi connectivity index (χ1n) is 6.28. The minimum absolute atomic E-state index is 0.359. The van der Waals surface area contributed by atoms with Crippen LogP contribution in [-0.2, 0) is 0 Å². The fourth-order valence-corrected chi connectivity index (χ4v) is 2.65. The van der Waals surface area contributed by atoms with Crippen LogP contribution in [0.1, 0.15) is 5.69 Å². The van der Waals surface area contributed by atoms with Crippen molar-refractivity contribution in [3.63, 3.8) is 0 Å². The summed E-state index contributed by atoms with van der Waals surface area (Å²) in [5.74, 6) is 0. The summed E-state index contributed by atoms with van der Waals surface area (Å²) in [4.78, 5) is 23.4. The minimum Gasteiger partial charge on any atom is -0.402 e. The van der Waals surface area contributed by atoms with E-state index in [4.69, 9.17) is 4.42 Å². The van der Waals surface area contributed by atoms with Crippen LogP contribution in [0.2, 0.25) is 0 Å². The molecule has 3 aromatic rings. The van der Waals surface area contributed by atoms with E-state index in [1.54, 1.807) is 11.6 Å². The van der Waals surface area contributed by atoms with Gasteiger partial charge in [-0.1, -0.05) is 18.2 Å². The quantitative estimate of drug-likeness (QED) is 0.656. The number of H-pyrrole nitrogens is 1. The van der Waals surface area contributed by atoms with Crippen LogP contribution in [0.3, 0.4) is 0 Å². The minimum atomic E-state index is -0.426. The van der Waals surface area contributed by atoms with Gasteiger partial charge in [0.2, 0.25) is 5.55 Å². The van der Waals surface area contributed by atoms with Gasteiger partial charge in [-0.05, 0) is 18.2 Å². The van der Waals surface area contributed by atoms with E-state index >= 15 is 0 Å². The summed E-state index contributed by atoms with van der Waals surface area (Å²) >= 11 is 1.47. The van der Waals surface area contributed by atoms with Crippen molar-refractivity contribution in [3.8, 4) is 0 Å². The number of nitrogens with zero attached hydrogens (tertiary/aromatic N) is 2. The van der Waals surface area contributed by atoms with Gasteiger partial charge in [-0.25, -0.2) is 14.8 Å². The Bertz CT molecular complexity index is 1070. The second kappa shape index (κ2) is 4.68. The van der Waals surface area contributed by atoms with Crippen LogP contribution in [-0.4, -0.2) is 9.97 Å². The van der Waals surface area contributed by atoms with Crippen LogP contribution >= 0.6 is 11.3 Å². The Morgan fingerprint density at radius 1 is 1.29 bits per heavy atom. The van der Waals surface area contributed by atoms with Gasteiger partial charge in [0.1, 0.15) is 11.0 Å². The Balaban J connectivity index is 1.95. The van der Waals surface area contributed by atoms with Gasteiger partial charge in [-0.3, -0.25) is 0 Å². The average molecular weight is 295 g/mol. The lowest BCUT2D eigenvalue weighted by Crippen LogP contribution is -2.21. The molecule has 0 aliphatic carbocycles. The lowest BCUT2D eigenvalue weighted by molar-refractivity contribution is 0.484. The highest BCUT2D eigenvalue weighted by Gasteiger charge is 2.05. The Kier molecular flexibility index (Phi) is 2.68. The van der Waals surface area contributed by atoms with Gasteiger partial charge in [-0.2, -0.15) is 0 Å². The second-order valence-corrected chi connectivity index (χ2v) is 5.23. The van der Waals surface area contributed by atoms with E-state index in [-0.39, 0.29) is 0 Å². The maximum atomic E-state index is 11.9. The number of oxazole rings is 1. The molecule has 102 valence electrons. The van der Waals surface area contributed by atoms with Crippen LogP contribution in [0.4, 0.5) is 0 Å². The number of para-hydroxylation sites is 1. The molecule has 0 bridgehead atoms. The molecule has 0 saturated carbocycles. The van der Waals surface area contributed by atoms with E-state index in [0.29, 0.717) is 16.6 Å². The van der Waals surface area contributed by atoms with E-state index in [0.717, 1.165) is 16.3 Å². The van der Waals surface area contributed by atoms with Gasteiger partial charge in [0, 0.05) is 10.6 Å². The number of nitrogens with one attached hydrogen (secondary N) is 1. The third-order valence-corrected chi connectivity index (χ3v) is 3.71. The highest BCUT2D eigenvalue weighted by atomic mass is 32.1. The second-order valence-electron chi connectivity index (χ2n) is 4.52. The molecule has 21 heavy (non-hydrogen) atoms. The largest absolute Gasteiger partial charge is 0.402 e. The van der Waals surface area contributed by atoms with Crippen LogP contribution < -0.4 is 27.1 Å². The van der Waals surface area contributed by atoms with E-state index in [9.17, 15) is 4.79 Å². The molecular formula is C15H9N3O2S. The van der Waals surface area contributed by atoms with Crippen LogP contribution in [0, 0.1) is 0 Å². The van der Waals surface area contributed by atoms with E-state index in [1.165, 1.54) is 11.3 Å². The molecule has 0 spiro atoms. The van der Waals surface area contributed by atoms with Crippen molar-refractivity contribution in [1.29, 1.82) is 0 Å². The molecule has 1 aliphatic rings. The zero-order chi connectivity index (χ0) is 14.2. The van der Waals surface area contributed by atoms with Crippen molar-refractivity contribution in [2.75, 3.05) is 0 Å². The van der Waals surface area contributed by atoms with Gasteiger partial charge >= 0.3 is 5.63 Å². The molecule has 0 atom stereocenters. The molecule has 5 nitrogen and oxygen atoms in total. The molecule has 0 fully saturated rings. The zero-order valence-corrected chi connectivity index (χ0v) is 11.6. The third kappa shape index (κ3) is 2.15. The highest BCUT2D eigenvalue weighted by Crippen LogP contribution is 2.00. The molecule has 0 unspecified atom stereocenters. The summed E-state index contributed by atoms with van der Waals surface area (Å²) in [6, 6.07) is 7.75. The SMILES string of the molecule is O=c1oc(=C2C=c3ccccc3=N2)[nH]/c1=C\c1cscn1. The summed E-state index contributed by atoms with van der Waals surface area (Å²) in [5.41, 5.74) is 2.98. The summed E-state index contributed by atoms with van der Waals surface area (Å²) in [5, 5.41) is 4.10. The first kappa shape index (κ1) is 12.0. The van der Waals surface area contributed by atoms with E-state index in [2.05, 4.69) is 15.0 Å². The molecular weight excluding hydrogens is 286 g/mol. The molecule has 2 aromatic heterocycles. The van der Waals surface area contributed by atoms with Crippen molar-refractivity contribution < 1.29 is 4.42 Å². The fraction of sp³-hybridized carbons (Fsp3) is 0. The Labute approximate surface area is 121 Å². The van der Waals surface area contributed by atoms with Gasteiger partial charge < -0.3 is 9.40 Å². The number of thiazole rings is 1. The smallest absolute Gasteiger partial charge is 0.361 e. The van der Waals surface area contributed by atoms with Gasteiger partial charge in [0.05, 0.1) is 16.6 Å². The standard InChI is InChI=1S/C15H9N3O2S/c19-15-13(6-10-7-21-8-16-10)18-14(20-15)12-5-9-3-1-2-4-11(9)17-12/h1-8,18H/b13-6-,14-12?. The van der Waals surface area contributed by atoms with E-state index in [1.807, 2.05) is 35.7 Å². The van der Waals surface area contributed by atoms with Crippen molar-refractivity contribution in [3.05, 3.63) is 72.7 Å². The summed E-state index contributed by atoms with van der Waals surface area (Å²) in [6.07, 6.45) is 3.55. The molecule has 4 rings (SSSR count). The van der Waals surface area contributed by atoms with Crippen LogP contribution in [0.5, 0.6) is 0 Å². The summed E-state index contributed by atoms with van der Waals surface area (Å²) in [6.45, 7) is 0. The molecule has 0 amide bonds. The highest BCUT2D eigenvalue weighted by molar-refractivity contribution is 7.07. The molecule has 1 aromatic carbocycles. The predicted molar refractivity (Wildman–Crippen MR) is 79.4 cm³/mol. The lowest BCUT2D eigenvalue weighted by Gasteiger charge is -1.82. The van der Waals surface area contributed by atoms with Gasteiger partial charge in [0.15, 0.2) is 0 Å². The number of hydrogen-bond donors (Lipinski definition) is 1. The predicted octanol–water partition coefficient (Wildman–Crippen LogP) is -0.525. The monoisotopic (exact) mass is 295 g/mol. The van der Waals surface area contributed by atoms with Crippen molar-refractivity contribution in [1.82, 2.24) is 9.97 Å². The summed E-state index contributed by atoms with van der Waals surface area (Å²) in [7, 11) is 0. The van der Waals surface area contributed by atoms with Crippen molar-refractivity contribution in [2.45, 2.75) is 0 Å². The fourth-order valence-electron chi connectivity index (χ4n) is 2.14. The number of rotatable bonds is 1. The molecule has 6 heteroatoms. The van der Waals surface area contributed by atoms with Gasteiger partial charge in [-0.15, -0.1) is 11.3 Å². The number of benzene rings is 1.